The largest absolute Gasteiger partial charge is 0.416 e. The zero-order valence-electron chi connectivity index (χ0n) is 12.5. The van der Waals surface area contributed by atoms with Gasteiger partial charge < -0.3 is 11.1 Å². The molecule has 0 radical (unpaired) electrons. The standard InChI is InChI=1S/C15H21F3N2O.ClH/c1-11-12(15(16,17)18)7-6-8-13(11)20-14(21)9-4-2-3-5-10-19;/h6-8H,2-5,9-10,19H2,1H3,(H,20,21);1H. The third kappa shape index (κ3) is 6.66. The molecule has 1 amide bonds. The molecular weight excluding hydrogens is 317 g/mol. The van der Waals surface area contributed by atoms with Crippen molar-refractivity contribution >= 4 is 24.0 Å². The SMILES string of the molecule is Cc1c(NC(=O)CCCCCCN)cccc1C(F)(F)F.Cl. The summed E-state index contributed by atoms with van der Waals surface area (Å²) in [4.78, 5) is 11.7. The van der Waals surface area contributed by atoms with E-state index in [1.54, 1.807) is 0 Å². The van der Waals surface area contributed by atoms with Crippen molar-refractivity contribution < 1.29 is 18.0 Å². The Morgan fingerprint density at radius 3 is 2.41 bits per heavy atom. The van der Waals surface area contributed by atoms with Gasteiger partial charge in [-0.05, 0) is 44.0 Å². The molecule has 0 unspecified atom stereocenters. The minimum Gasteiger partial charge on any atom is -0.330 e. The molecule has 3 nitrogen and oxygen atoms in total. The molecule has 0 aliphatic carbocycles. The fourth-order valence-corrected chi connectivity index (χ4v) is 2.07. The molecule has 3 N–H and O–H groups in total. The van der Waals surface area contributed by atoms with Gasteiger partial charge in [0.25, 0.3) is 0 Å². The van der Waals surface area contributed by atoms with Crippen molar-refractivity contribution in [3.63, 3.8) is 0 Å². The summed E-state index contributed by atoms with van der Waals surface area (Å²) in [5, 5.41) is 2.55. The Kier molecular flexibility index (Phi) is 9.13. The van der Waals surface area contributed by atoms with Gasteiger partial charge in [-0.3, -0.25) is 4.79 Å². The van der Waals surface area contributed by atoms with Crippen LogP contribution in [0.4, 0.5) is 18.9 Å². The van der Waals surface area contributed by atoms with Crippen LogP contribution in [0.25, 0.3) is 0 Å². The van der Waals surface area contributed by atoms with Gasteiger partial charge in [0.2, 0.25) is 5.91 Å². The van der Waals surface area contributed by atoms with Gasteiger partial charge >= 0.3 is 6.18 Å². The minimum atomic E-state index is -4.41. The number of nitrogens with one attached hydrogen (secondary N) is 1. The maximum Gasteiger partial charge on any atom is 0.416 e. The van der Waals surface area contributed by atoms with Crippen LogP contribution in [-0.2, 0) is 11.0 Å². The number of halogens is 4. The molecule has 0 bridgehead atoms. The molecule has 1 rings (SSSR count). The summed E-state index contributed by atoms with van der Waals surface area (Å²) in [6.45, 7) is 2.00. The van der Waals surface area contributed by atoms with E-state index in [-0.39, 0.29) is 29.6 Å². The molecule has 0 aliphatic heterocycles. The quantitative estimate of drug-likeness (QED) is 0.729. The van der Waals surface area contributed by atoms with Crippen molar-refractivity contribution in [2.75, 3.05) is 11.9 Å². The first-order valence-electron chi connectivity index (χ1n) is 7.03. The van der Waals surface area contributed by atoms with E-state index >= 15 is 0 Å². The van der Waals surface area contributed by atoms with Gasteiger partial charge in [0.05, 0.1) is 5.56 Å². The fourth-order valence-electron chi connectivity index (χ4n) is 2.07. The van der Waals surface area contributed by atoms with E-state index in [0.29, 0.717) is 19.4 Å². The van der Waals surface area contributed by atoms with E-state index in [2.05, 4.69) is 5.32 Å². The van der Waals surface area contributed by atoms with Gasteiger partial charge in [-0.1, -0.05) is 18.9 Å². The molecule has 0 heterocycles. The number of benzene rings is 1. The van der Waals surface area contributed by atoms with Crippen LogP contribution in [0.15, 0.2) is 18.2 Å². The molecule has 0 aliphatic rings. The average molecular weight is 339 g/mol. The Balaban J connectivity index is 0.00000441. The second kappa shape index (κ2) is 9.69. The molecule has 0 aromatic heterocycles. The molecule has 0 saturated heterocycles. The smallest absolute Gasteiger partial charge is 0.330 e. The van der Waals surface area contributed by atoms with E-state index in [0.717, 1.165) is 25.3 Å². The Labute approximate surface area is 134 Å². The second-order valence-corrected chi connectivity index (χ2v) is 4.98. The minimum absolute atomic E-state index is 0. The van der Waals surface area contributed by atoms with Crippen LogP contribution in [0.2, 0.25) is 0 Å². The lowest BCUT2D eigenvalue weighted by atomic mass is 10.1. The second-order valence-electron chi connectivity index (χ2n) is 4.98. The highest BCUT2D eigenvalue weighted by atomic mass is 35.5. The zero-order valence-corrected chi connectivity index (χ0v) is 13.3. The van der Waals surface area contributed by atoms with Crippen LogP contribution < -0.4 is 11.1 Å². The lowest BCUT2D eigenvalue weighted by Crippen LogP contribution is -2.15. The van der Waals surface area contributed by atoms with Crippen molar-refractivity contribution in [3.05, 3.63) is 29.3 Å². The number of anilines is 1. The van der Waals surface area contributed by atoms with Gasteiger partial charge in [0.1, 0.15) is 0 Å². The van der Waals surface area contributed by atoms with E-state index in [1.165, 1.54) is 19.1 Å². The van der Waals surface area contributed by atoms with Gasteiger partial charge in [-0.25, -0.2) is 0 Å². The van der Waals surface area contributed by atoms with Crippen LogP contribution in [0.1, 0.15) is 43.2 Å². The highest BCUT2D eigenvalue weighted by Crippen LogP contribution is 2.34. The van der Waals surface area contributed by atoms with Crippen LogP contribution >= 0.6 is 12.4 Å². The Morgan fingerprint density at radius 1 is 1.18 bits per heavy atom. The molecule has 0 saturated carbocycles. The summed E-state index contributed by atoms with van der Waals surface area (Å²) in [7, 11) is 0. The monoisotopic (exact) mass is 338 g/mol. The topological polar surface area (TPSA) is 55.1 Å². The van der Waals surface area contributed by atoms with Gasteiger partial charge in [0, 0.05) is 12.1 Å². The molecule has 1 aromatic carbocycles. The zero-order chi connectivity index (χ0) is 15.9. The van der Waals surface area contributed by atoms with Crippen molar-refractivity contribution in [1.82, 2.24) is 0 Å². The van der Waals surface area contributed by atoms with E-state index in [1.807, 2.05) is 0 Å². The number of rotatable bonds is 7. The number of carbonyl (C=O) groups is 1. The number of hydrogen-bond acceptors (Lipinski definition) is 2. The van der Waals surface area contributed by atoms with Crippen LogP contribution in [0.3, 0.4) is 0 Å². The molecular formula is C15H22ClF3N2O. The van der Waals surface area contributed by atoms with Gasteiger partial charge in [0.15, 0.2) is 0 Å². The molecule has 0 fully saturated rings. The fraction of sp³-hybridized carbons (Fsp3) is 0.533. The Bertz CT molecular complexity index is 478. The number of carbonyl (C=O) groups excluding carboxylic acids is 1. The summed E-state index contributed by atoms with van der Waals surface area (Å²) in [5.41, 5.74) is 4.91. The first-order valence-corrected chi connectivity index (χ1v) is 7.03. The van der Waals surface area contributed by atoms with Crippen molar-refractivity contribution in [2.24, 2.45) is 5.73 Å². The molecule has 22 heavy (non-hydrogen) atoms. The maximum absolute atomic E-state index is 12.8. The van der Waals surface area contributed by atoms with Crippen LogP contribution in [0, 0.1) is 6.92 Å². The average Bonchev–Trinajstić information content (AvgIpc) is 2.39. The number of alkyl halides is 3. The molecule has 0 spiro atoms. The lowest BCUT2D eigenvalue weighted by Gasteiger charge is -2.14. The van der Waals surface area contributed by atoms with Crippen molar-refractivity contribution in [1.29, 1.82) is 0 Å². The number of unbranched alkanes of at least 4 members (excludes halogenated alkanes) is 3. The molecule has 0 atom stereocenters. The highest BCUT2D eigenvalue weighted by molar-refractivity contribution is 5.91. The lowest BCUT2D eigenvalue weighted by molar-refractivity contribution is -0.138. The molecule has 7 heteroatoms. The Hall–Kier alpha value is -1.27. The van der Waals surface area contributed by atoms with Crippen molar-refractivity contribution in [2.45, 2.75) is 45.2 Å². The first-order chi connectivity index (χ1) is 9.86. The molecule has 1 aromatic rings. The predicted molar refractivity (Wildman–Crippen MR) is 84.2 cm³/mol. The predicted octanol–water partition coefficient (Wildman–Crippen LogP) is 4.28. The van der Waals surface area contributed by atoms with Crippen LogP contribution in [0.5, 0.6) is 0 Å². The highest BCUT2D eigenvalue weighted by Gasteiger charge is 2.32. The number of nitrogens with two attached hydrogens (primary N) is 1. The summed E-state index contributed by atoms with van der Waals surface area (Å²) in [6, 6.07) is 3.79. The third-order valence-electron chi connectivity index (χ3n) is 3.27. The van der Waals surface area contributed by atoms with Crippen molar-refractivity contribution in [3.8, 4) is 0 Å². The summed E-state index contributed by atoms with van der Waals surface area (Å²) in [6.07, 6.45) is -0.607. The normalized spacial score (nSPS) is 11.0. The summed E-state index contributed by atoms with van der Waals surface area (Å²) >= 11 is 0. The maximum atomic E-state index is 12.8. The number of amides is 1. The molecule has 126 valence electrons. The Morgan fingerprint density at radius 2 is 1.82 bits per heavy atom. The van der Waals surface area contributed by atoms with E-state index < -0.39 is 11.7 Å². The van der Waals surface area contributed by atoms with E-state index in [9.17, 15) is 18.0 Å². The van der Waals surface area contributed by atoms with Gasteiger partial charge in [-0.2, -0.15) is 13.2 Å². The summed E-state index contributed by atoms with van der Waals surface area (Å²) in [5.74, 6) is -0.259. The van der Waals surface area contributed by atoms with Crippen LogP contribution in [-0.4, -0.2) is 12.5 Å². The van der Waals surface area contributed by atoms with Gasteiger partial charge in [-0.15, -0.1) is 12.4 Å². The number of hydrogen-bond donors (Lipinski definition) is 2. The third-order valence-corrected chi connectivity index (χ3v) is 3.27. The van der Waals surface area contributed by atoms with E-state index in [4.69, 9.17) is 5.73 Å². The first kappa shape index (κ1) is 20.7. The summed E-state index contributed by atoms with van der Waals surface area (Å²) < 4.78 is 38.3.